The monoisotopic (exact) mass is 710 g/mol. The maximum absolute atomic E-state index is 10.2. The van der Waals surface area contributed by atoms with Crippen LogP contribution in [0.25, 0.3) is 106 Å². The maximum atomic E-state index is 10.2. The quantitative estimate of drug-likeness (QED) is 0.183. The maximum Gasteiger partial charge on any atom is 0.238 e. The standard InChI is InChI=1S/C48H30N4O2/c1-48(2)36-17-7-3-12-28(36)34-25-35-29-13-4-8-18-38(29)52(39(35)26-37(34)48)47-50-45(27-22-23-31-30-14-5-9-19-40(30)54-43(31)24-27)49-46(51-47)33-16-11-21-42-44(33)32-15-6-10-20-41(32)53-42/h3-26H,1-2H3/i1D3,2D3,3D,4D,7D,8D,12D,13D,17D,18D,25D,26D. The second-order valence-electron chi connectivity index (χ2n) is 13.2. The van der Waals surface area contributed by atoms with Gasteiger partial charge in [0.15, 0.2) is 11.6 Å². The van der Waals surface area contributed by atoms with E-state index in [1.165, 1.54) is 0 Å². The average molecular weight is 711 g/mol. The Morgan fingerprint density at radius 3 is 2.20 bits per heavy atom. The molecule has 7 aromatic carbocycles. The number of para-hydroxylation sites is 3. The van der Waals surface area contributed by atoms with E-state index in [0.29, 0.717) is 44.2 Å². The van der Waals surface area contributed by atoms with Crippen molar-refractivity contribution in [1.29, 1.82) is 0 Å². The van der Waals surface area contributed by atoms with Gasteiger partial charge in [-0.25, -0.2) is 4.98 Å². The molecule has 0 bridgehead atoms. The van der Waals surface area contributed by atoms with Crippen molar-refractivity contribution >= 4 is 65.7 Å². The Labute approximate surface area is 331 Å². The van der Waals surface area contributed by atoms with Crippen LogP contribution in [0, 0.1) is 0 Å². The van der Waals surface area contributed by atoms with Gasteiger partial charge in [-0.2, -0.15) is 9.97 Å². The molecule has 0 spiro atoms. The van der Waals surface area contributed by atoms with Crippen LogP contribution in [0.4, 0.5) is 0 Å². The molecule has 0 atom stereocenters. The lowest BCUT2D eigenvalue weighted by atomic mass is 9.82. The zero-order valence-electron chi connectivity index (χ0n) is 43.7. The molecule has 0 amide bonds. The molecule has 54 heavy (non-hydrogen) atoms. The van der Waals surface area contributed by atoms with Crippen molar-refractivity contribution in [2.24, 2.45) is 0 Å². The van der Waals surface area contributed by atoms with Crippen molar-refractivity contribution in [2.45, 2.75) is 19.1 Å². The number of nitrogens with zero attached hydrogens (tertiary/aromatic N) is 4. The molecule has 0 radical (unpaired) electrons. The molecule has 0 fully saturated rings. The molecule has 4 heterocycles. The largest absolute Gasteiger partial charge is 0.456 e. The Morgan fingerprint density at radius 1 is 0.556 bits per heavy atom. The predicted molar refractivity (Wildman–Crippen MR) is 217 cm³/mol. The summed E-state index contributed by atoms with van der Waals surface area (Å²) in [6.45, 7) is -7.36. The summed E-state index contributed by atoms with van der Waals surface area (Å²) >= 11 is 0. The molecule has 11 aromatic rings. The van der Waals surface area contributed by atoms with Crippen LogP contribution in [-0.2, 0) is 5.41 Å². The fourth-order valence-corrected chi connectivity index (χ4v) is 7.72. The first-order chi connectivity index (χ1) is 33.2. The molecule has 0 saturated carbocycles. The van der Waals surface area contributed by atoms with Crippen LogP contribution in [0.2, 0.25) is 0 Å². The van der Waals surface area contributed by atoms with E-state index in [1.54, 1.807) is 36.4 Å². The molecule has 0 N–H and O–H groups in total. The van der Waals surface area contributed by atoms with Crippen LogP contribution in [0.15, 0.2) is 154 Å². The summed E-state index contributed by atoms with van der Waals surface area (Å²) in [6.07, 6.45) is 0. The minimum absolute atomic E-state index is 0.00263. The van der Waals surface area contributed by atoms with Crippen LogP contribution >= 0.6 is 0 Å². The first-order valence-electron chi connectivity index (χ1n) is 25.0. The first-order valence-corrected chi connectivity index (χ1v) is 17.0. The fraction of sp³-hybridized carbons (Fsp3) is 0.0625. The molecular weight excluding hydrogens is 665 g/mol. The summed E-state index contributed by atoms with van der Waals surface area (Å²) in [4.78, 5) is 14.9. The van der Waals surface area contributed by atoms with Gasteiger partial charge in [-0.05, 0) is 70.7 Å². The number of hydrogen-bond acceptors (Lipinski definition) is 5. The second-order valence-corrected chi connectivity index (χ2v) is 13.2. The van der Waals surface area contributed by atoms with E-state index in [2.05, 4.69) is 0 Å². The zero-order valence-corrected chi connectivity index (χ0v) is 27.7. The van der Waals surface area contributed by atoms with Gasteiger partial charge in [0.2, 0.25) is 5.95 Å². The lowest BCUT2D eigenvalue weighted by Crippen LogP contribution is -2.15. The van der Waals surface area contributed by atoms with Gasteiger partial charge in [0, 0.05) is 57.1 Å². The summed E-state index contributed by atoms with van der Waals surface area (Å²) in [5, 5.41) is 2.21. The molecule has 254 valence electrons. The van der Waals surface area contributed by atoms with Crippen LogP contribution < -0.4 is 0 Å². The summed E-state index contributed by atoms with van der Waals surface area (Å²) in [7, 11) is 0. The van der Waals surface area contributed by atoms with Gasteiger partial charge in [0.25, 0.3) is 0 Å². The number of furan rings is 2. The van der Waals surface area contributed by atoms with Crippen molar-refractivity contribution in [3.63, 3.8) is 0 Å². The number of hydrogen-bond donors (Lipinski definition) is 0. The Bertz CT molecular complexity index is 4180. The molecule has 1 aliphatic carbocycles. The van der Waals surface area contributed by atoms with E-state index >= 15 is 0 Å². The van der Waals surface area contributed by atoms with E-state index in [4.69, 9.17) is 40.2 Å². The van der Waals surface area contributed by atoms with Crippen LogP contribution in [-0.4, -0.2) is 19.5 Å². The summed E-state index contributed by atoms with van der Waals surface area (Å²) in [6, 6.07) is 17.1. The summed E-state index contributed by atoms with van der Waals surface area (Å²) < 4.78 is 159. The van der Waals surface area contributed by atoms with Crippen LogP contribution in [0.5, 0.6) is 0 Å². The lowest BCUT2D eigenvalue weighted by Gasteiger charge is -2.21. The highest BCUT2D eigenvalue weighted by Gasteiger charge is 2.36. The van der Waals surface area contributed by atoms with E-state index in [0.717, 1.165) is 15.3 Å². The highest BCUT2D eigenvalue weighted by atomic mass is 16.3. The highest BCUT2D eigenvalue weighted by Crippen LogP contribution is 2.51. The Morgan fingerprint density at radius 2 is 1.30 bits per heavy atom. The summed E-state index contributed by atoms with van der Waals surface area (Å²) in [5.41, 5.74) is -4.20. The molecule has 0 saturated heterocycles. The number of aromatic nitrogens is 4. The van der Waals surface area contributed by atoms with E-state index < -0.39 is 107 Å². The number of rotatable bonds is 3. The fourth-order valence-electron chi connectivity index (χ4n) is 7.72. The highest BCUT2D eigenvalue weighted by molar-refractivity contribution is 6.13. The third-order valence-corrected chi connectivity index (χ3v) is 10.1. The lowest BCUT2D eigenvalue weighted by molar-refractivity contribution is 0.661. The predicted octanol–water partition coefficient (Wildman–Crippen LogP) is 12.4. The van der Waals surface area contributed by atoms with Gasteiger partial charge < -0.3 is 8.83 Å². The molecule has 4 aromatic heterocycles. The first kappa shape index (κ1) is 18.1. The number of benzene rings is 7. The smallest absolute Gasteiger partial charge is 0.238 e. The second kappa shape index (κ2) is 10.5. The van der Waals surface area contributed by atoms with Crippen molar-refractivity contribution in [3.8, 4) is 39.9 Å². The minimum atomic E-state index is -3.68. The topological polar surface area (TPSA) is 69.9 Å². The molecule has 6 nitrogen and oxygen atoms in total. The zero-order chi connectivity index (χ0) is 49.4. The number of fused-ring (bicyclic) bond motifs is 12. The van der Waals surface area contributed by atoms with Gasteiger partial charge in [0.1, 0.15) is 22.3 Å². The molecule has 0 unspecified atom stereocenters. The minimum Gasteiger partial charge on any atom is -0.456 e. The molecule has 0 aliphatic heterocycles. The van der Waals surface area contributed by atoms with Crippen LogP contribution in [0.1, 0.15) is 46.8 Å². The molecular formula is C48H30N4O2. The SMILES string of the molecule is [2H]c1c([2H])c([2H])c2c(c1[2H])-c1c(c([2H])c3c(c1[2H])c1c([2H])c([2H])c([2H])c([2H])c1n3-c1nc(-c3ccc4c(c3)oc3ccccc34)nc(-c3cccc4oc5ccccc5c34)n1)C2(C([2H])([2H])[2H])C([2H])([2H])[2H]. The van der Waals surface area contributed by atoms with Crippen molar-refractivity contribution in [2.75, 3.05) is 0 Å². The molecule has 12 rings (SSSR count). The third kappa shape index (κ3) is 3.97. The molecule has 1 aliphatic rings. The van der Waals surface area contributed by atoms with Gasteiger partial charge in [-0.15, -0.1) is 0 Å². The Balaban J connectivity index is 1.29. The van der Waals surface area contributed by atoms with Gasteiger partial charge in [-0.3, -0.25) is 4.57 Å². The van der Waals surface area contributed by atoms with Gasteiger partial charge >= 0.3 is 0 Å². The normalized spacial score (nSPS) is 18.2. The van der Waals surface area contributed by atoms with E-state index in [-0.39, 0.29) is 33.9 Å². The third-order valence-electron chi connectivity index (χ3n) is 10.1. The average Bonchev–Trinajstić information content (AvgIpc) is 4.10. The summed E-state index contributed by atoms with van der Waals surface area (Å²) in [5.74, 6) is -0.385. The van der Waals surface area contributed by atoms with E-state index in [1.807, 2.05) is 48.5 Å². The van der Waals surface area contributed by atoms with Gasteiger partial charge in [-0.1, -0.05) is 111 Å². The van der Waals surface area contributed by atoms with Gasteiger partial charge in [0.05, 0.1) is 24.7 Å². The Kier molecular flexibility index (Phi) is 3.53. The van der Waals surface area contributed by atoms with E-state index in [9.17, 15) is 5.48 Å². The van der Waals surface area contributed by atoms with Crippen LogP contribution in [0.3, 0.4) is 0 Å². The van der Waals surface area contributed by atoms with Crippen molar-refractivity contribution < 1.29 is 30.8 Å². The van der Waals surface area contributed by atoms with Crippen molar-refractivity contribution in [3.05, 3.63) is 156 Å². The molecule has 6 heteroatoms. The van der Waals surface area contributed by atoms with Crippen molar-refractivity contribution in [1.82, 2.24) is 19.5 Å². The Hall–Kier alpha value is -7.05.